The van der Waals surface area contributed by atoms with Crippen LogP contribution in [0, 0.1) is 30.3 Å². The first kappa shape index (κ1) is 95.5. The van der Waals surface area contributed by atoms with Crippen LogP contribution in [0.1, 0.15) is 194 Å². The van der Waals surface area contributed by atoms with Gasteiger partial charge in [0.25, 0.3) is 0 Å². The number of hydroxylamine groups is 4. The molecule has 0 aliphatic rings. The summed E-state index contributed by atoms with van der Waals surface area (Å²) < 4.78 is 2.60. The van der Waals surface area contributed by atoms with Gasteiger partial charge >= 0.3 is 6.03 Å². The van der Waals surface area contributed by atoms with E-state index in [9.17, 15) is 35.1 Å². The van der Waals surface area contributed by atoms with E-state index in [-0.39, 0.29) is 47.1 Å². The monoisotopic (exact) mass is 876 g/mol. The van der Waals surface area contributed by atoms with E-state index in [1.807, 2.05) is 158 Å². The van der Waals surface area contributed by atoms with Crippen LogP contribution in [-0.2, 0) is 0 Å². The lowest BCUT2D eigenvalue weighted by atomic mass is 10.4. The van der Waals surface area contributed by atoms with Crippen LogP contribution >= 0.6 is 11.9 Å². The molecule has 2 amide bonds. The van der Waals surface area contributed by atoms with E-state index in [2.05, 4.69) is 31.0 Å². The number of amides is 2. The molecular weight excluding hydrogens is 773 g/mol. The maximum Gasteiger partial charge on any atom is 0.314 e. The zero-order valence-corrected chi connectivity index (χ0v) is 44.2. The first-order valence-corrected chi connectivity index (χ1v) is 21.6. The average molecular weight is 876 g/mol. The Morgan fingerprint density at radius 2 is 0.983 bits per heavy atom. The summed E-state index contributed by atoms with van der Waals surface area (Å²) in [5.41, 5.74) is 2.03. The van der Waals surface area contributed by atoms with Crippen LogP contribution in [0.15, 0.2) is 20.3 Å². The van der Waals surface area contributed by atoms with Crippen LogP contribution in [0.25, 0.3) is 0 Å². The smallest absolute Gasteiger partial charge is 0.314 e. The van der Waals surface area contributed by atoms with Gasteiger partial charge in [0.2, 0.25) is 0 Å². The van der Waals surface area contributed by atoms with Crippen LogP contribution in [0.3, 0.4) is 0 Å². The summed E-state index contributed by atoms with van der Waals surface area (Å²) in [5, 5.41) is 58.3. The molecule has 0 aromatic heterocycles. The summed E-state index contributed by atoms with van der Waals surface area (Å²) >= 11 is 1.06. The van der Waals surface area contributed by atoms with Gasteiger partial charge in [0.15, 0.2) is 6.04 Å². The van der Waals surface area contributed by atoms with Gasteiger partial charge in [-0.1, -0.05) is 121 Å². The molecule has 0 aromatic rings. The molecule has 1 unspecified atom stereocenters. The van der Waals surface area contributed by atoms with Crippen molar-refractivity contribution in [2.45, 2.75) is 235 Å². The minimum atomic E-state index is -0.741. The molecule has 19 nitrogen and oxygen atoms in total. The average Bonchev–Trinajstić information content (AvgIpc) is 3.23. The van der Waals surface area contributed by atoms with E-state index in [4.69, 9.17) is 10.4 Å². The number of carbonyl (C=O) groups excluding carboxylic acids is 1. The third-order valence-electron chi connectivity index (χ3n) is 3.26. The topological polar surface area (TPSA) is 274 Å². The van der Waals surface area contributed by atoms with Crippen LogP contribution in [-0.4, -0.2) is 81.9 Å². The lowest BCUT2D eigenvalue weighted by Crippen LogP contribution is -3.07. The molecule has 0 rings (SSSR count). The Bertz CT molecular complexity index is 662. The number of urea groups is 1. The summed E-state index contributed by atoms with van der Waals surface area (Å²) in [7, 11) is 3.25. The second kappa shape index (κ2) is 105. The summed E-state index contributed by atoms with van der Waals surface area (Å²) in [4.78, 5) is 38.7. The maximum atomic E-state index is 10.4. The molecule has 0 radical (unpaired) electrons. The fraction of sp³-hybridized carbons (Fsp3) is 0.974. The highest BCUT2D eigenvalue weighted by atomic mass is 32.2. The number of quaternary nitrogens is 1. The highest BCUT2D eigenvalue weighted by Crippen LogP contribution is 2.07. The minimum Gasteiger partial charge on any atom is -0.739 e. The molecule has 0 spiro atoms. The second-order valence-electron chi connectivity index (χ2n) is 10.3. The largest absolute Gasteiger partial charge is 0.739 e. The molecule has 0 aromatic carbocycles. The fourth-order valence-electron chi connectivity index (χ4n) is 0.609. The highest BCUT2D eigenvalue weighted by Gasteiger charge is 1.97. The predicted octanol–water partition coefficient (Wildman–Crippen LogP) is 11.9. The van der Waals surface area contributed by atoms with Gasteiger partial charge in [-0.25, -0.2) is 20.7 Å². The Morgan fingerprint density at radius 1 is 0.707 bits per heavy atom. The van der Waals surface area contributed by atoms with Gasteiger partial charge in [-0.15, -0.1) is 9.81 Å². The Morgan fingerprint density at radius 3 is 1.00 bits per heavy atom. The van der Waals surface area contributed by atoms with Crippen LogP contribution < -0.4 is 21.3 Å². The molecule has 0 saturated heterocycles. The Kier molecular flexibility index (Phi) is 173. The number of carbonyl (C=O) groups is 1. The Balaban J connectivity index is -0.0000000309. The second-order valence-corrected chi connectivity index (χ2v) is 11.6. The van der Waals surface area contributed by atoms with Crippen molar-refractivity contribution in [3.8, 4) is 0 Å². The lowest BCUT2D eigenvalue weighted by molar-refractivity contribution is -1.06. The van der Waals surface area contributed by atoms with E-state index in [0.29, 0.717) is 5.25 Å². The molecule has 0 aliphatic carbocycles. The van der Waals surface area contributed by atoms with Crippen molar-refractivity contribution in [2.75, 3.05) is 14.1 Å². The first-order valence-electron chi connectivity index (χ1n) is 20.8. The predicted molar refractivity (Wildman–Crippen MR) is 256 cm³/mol. The molecule has 1 atom stereocenters. The summed E-state index contributed by atoms with van der Waals surface area (Å²) in [6.07, 6.45) is 0. The molecule has 20 heteroatoms. The Hall–Kier alpha value is -2.78. The molecule has 0 fully saturated rings. The van der Waals surface area contributed by atoms with Gasteiger partial charge in [0, 0.05) is 67.8 Å². The van der Waals surface area contributed by atoms with Crippen molar-refractivity contribution in [1.82, 2.24) is 21.1 Å². The number of nitroso groups, excluding NO2 is 3. The van der Waals surface area contributed by atoms with Crippen LogP contribution in [0.4, 0.5) is 4.79 Å². The van der Waals surface area contributed by atoms with E-state index < -0.39 is 5.23 Å². The summed E-state index contributed by atoms with van der Waals surface area (Å²) in [5.74, 6) is 0. The molecule has 0 saturated carbocycles. The quantitative estimate of drug-likeness (QED) is 0.0415. The highest BCUT2D eigenvalue weighted by molar-refractivity contribution is 7.98. The zero-order chi connectivity index (χ0) is 51.0. The SMILES string of the molecule is CC.CC.CC.CC.CC.CC.CC.CC(C)/[N+]([O-])=N/[O-].CC(C)N(C)N=O.CC(C)N=O.CC(C)NO.CC(C)SN=O.CC(C)[NH+]([O-])O.CNC(=O)NC(C)C. The zero-order valence-electron chi connectivity index (χ0n) is 43.4. The number of nitrogens with one attached hydrogen (secondary N) is 4. The van der Waals surface area contributed by atoms with Gasteiger partial charge in [-0.05, 0) is 74.5 Å². The van der Waals surface area contributed by atoms with Crippen molar-refractivity contribution in [3.63, 3.8) is 0 Å². The summed E-state index contributed by atoms with van der Waals surface area (Å²) in [6.45, 7) is 53.2. The van der Waals surface area contributed by atoms with Gasteiger partial charge in [-0.2, -0.15) is 4.91 Å². The number of nitrogens with zero attached hydrogens (tertiary/aromatic N) is 6. The standard InChI is InChI=1S/C5H12N2O.C4H10N2O.C3H8N2O2.C3H9NO2.C3H7NOS.C3H9NO.C3H7NO.7C2H6/c1-4(2)7-5(8)6-3;1-4(2)6(3)5-7;1-3(2)5(7)4-6;1-3(2)4(5)6;1-3(2)6-4-5;2*1-3(2)4-5;7*1-2/h4H,1-3H3,(H2,6,7,8);4H,1-3H3;3,6H,1-2H3;3-5H,1-2H3;3H,1-2H3;3-5H,1-2H3;3H,1-2H3;7*1-2H3/p-1/b;;5-4-;;;;;;;;;;;. The first-order chi connectivity index (χ1) is 27.0. The van der Waals surface area contributed by atoms with Crippen molar-refractivity contribution in [3.05, 3.63) is 30.3 Å². The van der Waals surface area contributed by atoms with Gasteiger partial charge < -0.3 is 31.5 Å². The molecule has 58 heavy (non-hydrogen) atoms. The van der Waals surface area contributed by atoms with E-state index >= 15 is 0 Å². The lowest BCUT2D eigenvalue weighted by Gasteiger charge is -2.15. The normalized spacial score (nSPS) is 8.72. The molecule has 6 N–H and O–H groups in total. The molecule has 0 aliphatic heterocycles. The molecule has 366 valence electrons. The number of hydrogen-bond donors (Lipinski definition) is 6. The fourth-order valence-corrected chi connectivity index (χ4v) is 0.781. The number of hydrogen-bond acceptors (Lipinski definition) is 15. The van der Waals surface area contributed by atoms with Crippen molar-refractivity contribution >= 4 is 18.0 Å². The van der Waals surface area contributed by atoms with E-state index in [0.717, 1.165) is 11.9 Å². The van der Waals surface area contributed by atoms with Crippen LogP contribution in [0.5, 0.6) is 0 Å². The van der Waals surface area contributed by atoms with Crippen LogP contribution in [0.2, 0.25) is 0 Å². The van der Waals surface area contributed by atoms with Gasteiger partial charge in [-0.3, -0.25) is 5.01 Å². The third kappa shape index (κ3) is 211. The molecule has 0 heterocycles. The minimum absolute atomic E-state index is 0.0463. The summed E-state index contributed by atoms with van der Waals surface area (Å²) in [6, 6.07) is -0.111. The number of rotatable bonds is 9. The van der Waals surface area contributed by atoms with Crippen molar-refractivity contribution < 1.29 is 25.3 Å². The van der Waals surface area contributed by atoms with Crippen molar-refractivity contribution in [1.29, 1.82) is 0 Å². The van der Waals surface area contributed by atoms with Crippen molar-refractivity contribution in [2.24, 2.45) is 20.3 Å². The van der Waals surface area contributed by atoms with Gasteiger partial charge in [0.1, 0.15) is 6.04 Å². The molecular formula is C38H103N10O9S-. The third-order valence-corrected chi connectivity index (χ3v) is 3.77. The maximum absolute atomic E-state index is 10.4. The van der Waals surface area contributed by atoms with E-state index in [1.165, 1.54) is 5.01 Å². The van der Waals surface area contributed by atoms with E-state index in [1.54, 1.807) is 55.6 Å². The van der Waals surface area contributed by atoms with Gasteiger partial charge in [0.05, 0.1) is 11.3 Å². The Labute approximate surface area is 363 Å². The molecule has 0 bridgehead atoms.